The largest absolute Gasteiger partial charge is 0.381 e. The maximum Gasteiger partial charge on any atom is 0.246 e. The lowest BCUT2D eigenvalue weighted by atomic mass is 9.93. The molecule has 3 N–H and O–H groups in total. The summed E-state index contributed by atoms with van der Waals surface area (Å²) in [6.45, 7) is 17.9. The Kier molecular flexibility index (Phi) is 7.76. The van der Waals surface area contributed by atoms with E-state index < -0.39 is 25.7 Å². The molecule has 176 valence electrons. The smallest absolute Gasteiger partial charge is 0.246 e. The van der Waals surface area contributed by atoms with E-state index >= 15 is 0 Å². The highest BCUT2D eigenvalue weighted by atomic mass is 32.2. The van der Waals surface area contributed by atoms with Crippen LogP contribution in [0.25, 0.3) is 0 Å². The summed E-state index contributed by atoms with van der Waals surface area (Å²) in [5.74, 6) is 1.49. The van der Waals surface area contributed by atoms with Crippen molar-refractivity contribution in [3.63, 3.8) is 0 Å². The molecule has 0 saturated heterocycles. The van der Waals surface area contributed by atoms with Gasteiger partial charge in [0.15, 0.2) is 21.5 Å². The van der Waals surface area contributed by atoms with Crippen LogP contribution in [0.15, 0.2) is 21.2 Å². The molecule has 0 aliphatic rings. The number of hydrogen-bond donors (Lipinski definition) is 2. The normalized spacial score (nSPS) is 13.0. The van der Waals surface area contributed by atoms with Crippen LogP contribution in [0.5, 0.6) is 0 Å². The number of amides is 1. The quantitative estimate of drug-likeness (QED) is 0.701. The standard InChI is InChI=1S/C14H24N2O4S.C7H12N2O/c1-9(2)21(18,19)14(6,7)12(17)15-11-8-10(20-16-11)13(3,4)5;1-7(2,3)5-4-6(8)9-10-5/h8-9H,1-7H3,(H,15,16,17);4H,1-3H3,(H2,8,9). The molecule has 0 radical (unpaired) electrons. The van der Waals surface area contributed by atoms with E-state index in [0.29, 0.717) is 11.6 Å². The van der Waals surface area contributed by atoms with Gasteiger partial charge in [0.25, 0.3) is 0 Å². The number of nitrogens with two attached hydrogens (primary N) is 1. The van der Waals surface area contributed by atoms with Crippen molar-refractivity contribution in [3.8, 4) is 0 Å². The van der Waals surface area contributed by atoms with Gasteiger partial charge in [-0.05, 0) is 27.7 Å². The third-order valence-corrected chi connectivity index (χ3v) is 7.49. The lowest BCUT2D eigenvalue weighted by Gasteiger charge is -2.25. The van der Waals surface area contributed by atoms with Crippen LogP contribution in [-0.2, 0) is 25.5 Å². The SMILES string of the molecule is CC(C)(C)c1cc(N)no1.CC(C)S(=O)(=O)C(C)(C)C(=O)Nc1cc(C(C)(C)C)on1. The number of nitrogens with zero attached hydrogens (tertiary/aromatic N) is 2. The number of rotatable bonds is 4. The van der Waals surface area contributed by atoms with Gasteiger partial charge in [-0.1, -0.05) is 51.9 Å². The highest BCUT2D eigenvalue weighted by molar-refractivity contribution is 7.94. The fourth-order valence-electron chi connectivity index (χ4n) is 2.32. The number of nitrogens with one attached hydrogen (secondary N) is 1. The van der Waals surface area contributed by atoms with Gasteiger partial charge in [-0.25, -0.2) is 8.42 Å². The summed E-state index contributed by atoms with van der Waals surface area (Å²) >= 11 is 0. The predicted octanol–water partition coefficient (Wildman–Crippen LogP) is 4.07. The maximum absolute atomic E-state index is 12.3. The van der Waals surface area contributed by atoms with E-state index in [1.54, 1.807) is 26.0 Å². The Labute approximate surface area is 185 Å². The van der Waals surface area contributed by atoms with Crippen molar-refractivity contribution in [1.82, 2.24) is 10.3 Å². The van der Waals surface area contributed by atoms with Crippen molar-refractivity contribution in [2.75, 3.05) is 11.1 Å². The lowest BCUT2D eigenvalue weighted by molar-refractivity contribution is -0.117. The summed E-state index contributed by atoms with van der Waals surface area (Å²) in [5.41, 5.74) is 5.13. The number of aromatic nitrogens is 2. The van der Waals surface area contributed by atoms with Crippen LogP contribution in [0.2, 0.25) is 0 Å². The van der Waals surface area contributed by atoms with E-state index in [2.05, 4.69) is 15.6 Å². The molecule has 0 atom stereocenters. The average molecular weight is 457 g/mol. The molecule has 0 unspecified atom stereocenters. The fraction of sp³-hybridized carbons (Fsp3) is 0.667. The third-order valence-electron chi connectivity index (χ3n) is 4.64. The fourth-order valence-corrected chi connectivity index (χ4v) is 3.80. The van der Waals surface area contributed by atoms with Crippen molar-refractivity contribution in [1.29, 1.82) is 0 Å². The Balaban J connectivity index is 0.000000399. The molecule has 0 spiro atoms. The van der Waals surface area contributed by atoms with Crippen LogP contribution in [-0.4, -0.2) is 34.6 Å². The number of anilines is 2. The summed E-state index contributed by atoms with van der Waals surface area (Å²) in [6, 6.07) is 3.36. The zero-order valence-electron chi connectivity index (χ0n) is 20.2. The van der Waals surface area contributed by atoms with Gasteiger partial charge in [0.2, 0.25) is 5.91 Å². The molecule has 0 aromatic carbocycles. The summed E-state index contributed by atoms with van der Waals surface area (Å²) in [6.07, 6.45) is 0. The number of sulfone groups is 1. The second kappa shape index (κ2) is 9.02. The zero-order chi connectivity index (χ0) is 24.4. The van der Waals surface area contributed by atoms with Crippen LogP contribution < -0.4 is 11.1 Å². The minimum absolute atomic E-state index is 0.00458. The van der Waals surface area contributed by atoms with Crippen LogP contribution in [0.4, 0.5) is 11.6 Å². The van der Waals surface area contributed by atoms with Gasteiger partial charge in [-0.2, -0.15) is 0 Å². The molecule has 2 rings (SSSR count). The number of carbonyl (C=O) groups excluding carboxylic acids is 1. The minimum atomic E-state index is -3.59. The van der Waals surface area contributed by atoms with Crippen molar-refractivity contribution < 1.29 is 22.3 Å². The van der Waals surface area contributed by atoms with E-state index in [-0.39, 0.29) is 16.6 Å². The molecule has 10 heteroatoms. The first kappa shape index (κ1) is 26.7. The molecule has 9 nitrogen and oxygen atoms in total. The Morgan fingerprint density at radius 1 is 0.935 bits per heavy atom. The number of hydrogen-bond acceptors (Lipinski definition) is 8. The topological polar surface area (TPSA) is 141 Å². The Morgan fingerprint density at radius 2 is 1.39 bits per heavy atom. The minimum Gasteiger partial charge on any atom is -0.381 e. The van der Waals surface area contributed by atoms with E-state index in [1.165, 1.54) is 13.8 Å². The van der Waals surface area contributed by atoms with Crippen molar-refractivity contribution in [2.45, 2.75) is 90.1 Å². The second-order valence-electron chi connectivity index (χ2n) is 10.3. The lowest BCUT2D eigenvalue weighted by Crippen LogP contribution is -2.47. The van der Waals surface area contributed by atoms with Gasteiger partial charge in [-0.3, -0.25) is 4.79 Å². The second-order valence-corrected chi connectivity index (χ2v) is 13.3. The molecule has 0 saturated carbocycles. The Bertz CT molecular complexity index is 990. The summed E-state index contributed by atoms with van der Waals surface area (Å²) < 4.78 is 33.1. The van der Waals surface area contributed by atoms with Crippen molar-refractivity contribution in [3.05, 3.63) is 23.7 Å². The van der Waals surface area contributed by atoms with Gasteiger partial charge in [0, 0.05) is 23.0 Å². The monoisotopic (exact) mass is 456 g/mol. The van der Waals surface area contributed by atoms with E-state index in [4.69, 9.17) is 14.8 Å². The molecule has 0 bridgehead atoms. The van der Waals surface area contributed by atoms with E-state index in [1.807, 2.05) is 41.5 Å². The maximum atomic E-state index is 12.3. The number of nitrogen functional groups attached to an aromatic ring is 1. The molecular formula is C21H36N4O5S. The van der Waals surface area contributed by atoms with E-state index in [9.17, 15) is 13.2 Å². The molecule has 1 amide bonds. The molecule has 0 aliphatic heterocycles. The molecule has 2 heterocycles. The first-order chi connectivity index (χ1) is 13.8. The highest BCUT2D eigenvalue weighted by Gasteiger charge is 2.43. The van der Waals surface area contributed by atoms with Gasteiger partial charge in [0.05, 0.1) is 5.25 Å². The Hall–Kier alpha value is -2.36. The predicted molar refractivity (Wildman–Crippen MR) is 122 cm³/mol. The molecule has 2 aromatic rings. The molecule has 0 fully saturated rings. The third kappa shape index (κ3) is 6.56. The van der Waals surface area contributed by atoms with Gasteiger partial charge in [-0.15, -0.1) is 0 Å². The van der Waals surface area contributed by atoms with Crippen LogP contribution in [0.3, 0.4) is 0 Å². The average Bonchev–Trinajstić information content (AvgIpc) is 3.23. The molecular weight excluding hydrogens is 420 g/mol. The summed E-state index contributed by atoms with van der Waals surface area (Å²) in [7, 11) is -3.59. The Morgan fingerprint density at radius 3 is 1.71 bits per heavy atom. The van der Waals surface area contributed by atoms with Gasteiger partial charge >= 0.3 is 0 Å². The van der Waals surface area contributed by atoms with Gasteiger partial charge < -0.3 is 20.1 Å². The van der Waals surface area contributed by atoms with Crippen molar-refractivity contribution >= 4 is 27.4 Å². The van der Waals surface area contributed by atoms with E-state index in [0.717, 1.165) is 5.76 Å². The summed E-state index contributed by atoms with van der Waals surface area (Å²) in [4.78, 5) is 12.3. The first-order valence-electron chi connectivity index (χ1n) is 10.0. The van der Waals surface area contributed by atoms with Crippen molar-refractivity contribution in [2.24, 2.45) is 0 Å². The van der Waals surface area contributed by atoms with Crippen LogP contribution >= 0.6 is 0 Å². The molecule has 31 heavy (non-hydrogen) atoms. The first-order valence-corrected chi connectivity index (χ1v) is 11.6. The van der Waals surface area contributed by atoms with Crippen LogP contribution in [0.1, 0.15) is 80.8 Å². The molecule has 0 aliphatic carbocycles. The number of carbonyl (C=O) groups is 1. The zero-order valence-corrected chi connectivity index (χ0v) is 21.0. The van der Waals surface area contributed by atoms with Crippen LogP contribution in [0, 0.1) is 0 Å². The van der Waals surface area contributed by atoms with Gasteiger partial charge in [0.1, 0.15) is 16.3 Å². The molecule has 2 aromatic heterocycles. The highest BCUT2D eigenvalue weighted by Crippen LogP contribution is 2.27. The summed E-state index contributed by atoms with van der Waals surface area (Å²) in [5, 5.41) is 9.22.